The van der Waals surface area contributed by atoms with Crippen molar-refractivity contribution < 1.29 is 4.79 Å². The van der Waals surface area contributed by atoms with E-state index in [9.17, 15) is 4.79 Å². The smallest absolute Gasteiger partial charge is 0.249 e. The van der Waals surface area contributed by atoms with Crippen LogP contribution in [0.3, 0.4) is 0 Å². The van der Waals surface area contributed by atoms with E-state index in [1.807, 2.05) is 19.9 Å². The molecular weight excluding hydrogens is 252 g/mol. The fourth-order valence-corrected chi connectivity index (χ4v) is 1.61. The van der Waals surface area contributed by atoms with Crippen molar-refractivity contribution in [1.82, 2.24) is 10.2 Å². The second-order valence-electron chi connectivity index (χ2n) is 4.38. The number of nitrogens with zero attached hydrogens (tertiary/aromatic N) is 2. The molecule has 0 saturated heterocycles. The van der Waals surface area contributed by atoms with Gasteiger partial charge in [-0.25, -0.2) is 0 Å². The monoisotopic (exact) mass is 266 g/mol. The lowest BCUT2D eigenvalue weighted by Crippen LogP contribution is -2.09. The number of nitrogens with one attached hydrogen (secondary N) is 2. The Kier molecular flexibility index (Phi) is 3.96. The molecule has 0 unspecified atom stereocenters. The average molecular weight is 266 g/mol. The van der Waals surface area contributed by atoms with Gasteiger partial charge in [-0.1, -0.05) is 12.1 Å². The summed E-state index contributed by atoms with van der Waals surface area (Å²) in [7, 11) is 0. The maximum Gasteiger partial charge on any atom is 0.249 e. The minimum absolute atomic E-state index is 0.246. The van der Waals surface area contributed by atoms with Crippen LogP contribution in [0.5, 0.6) is 0 Å². The lowest BCUT2D eigenvalue weighted by atomic mass is 10.1. The minimum atomic E-state index is -0.246. The quantitative estimate of drug-likeness (QED) is 0.837. The molecule has 1 amide bonds. The molecule has 2 aromatic rings. The number of aryl methyl sites for hydroxylation is 1. The van der Waals surface area contributed by atoms with Crippen molar-refractivity contribution in [2.45, 2.75) is 13.8 Å². The van der Waals surface area contributed by atoms with Gasteiger partial charge in [0.2, 0.25) is 5.91 Å². The van der Waals surface area contributed by atoms with E-state index in [0.717, 1.165) is 16.8 Å². The molecule has 0 fully saturated rings. The Morgan fingerprint density at radius 2 is 2.05 bits per heavy atom. The normalized spacial score (nSPS) is 10.4. The van der Waals surface area contributed by atoms with Gasteiger partial charge in [0.15, 0.2) is 5.82 Å². The first-order valence-electron chi connectivity index (χ1n) is 6.11. The zero-order valence-electron chi connectivity index (χ0n) is 11.3. The molecule has 1 aromatic carbocycles. The molecule has 20 heavy (non-hydrogen) atoms. The molecule has 0 saturated carbocycles. The number of hydrogen-bond donors (Lipinski definition) is 2. The molecule has 5 nitrogen and oxygen atoms in total. The Morgan fingerprint density at radius 3 is 2.60 bits per heavy atom. The number of amides is 1. The number of rotatable bonds is 3. The number of nitriles is 1. The van der Waals surface area contributed by atoms with Crippen molar-refractivity contribution in [3.05, 3.63) is 52.7 Å². The zero-order valence-corrected chi connectivity index (χ0v) is 11.3. The van der Waals surface area contributed by atoms with Gasteiger partial charge in [-0.15, -0.1) is 0 Å². The molecule has 0 radical (unpaired) electrons. The van der Waals surface area contributed by atoms with Gasteiger partial charge in [-0.05, 0) is 37.6 Å². The largest absolute Gasteiger partial charge is 0.305 e. The Balaban J connectivity index is 2.02. The third-order valence-electron chi connectivity index (χ3n) is 2.96. The van der Waals surface area contributed by atoms with Gasteiger partial charge in [0, 0.05) is 17.3 Å². The predicted octanol–water partition coefficient (Wildman–Crippen LogP) is 2.55. The molecule has 100 valence electrons. The number of carbonyl (C=O) groups excluding carboxylic acids is 1. The van der Waals surface area contributed by atoms with Crippen LogP contribution < -0.4 is 5.32 Å². The summed E-state index contributed by atoms with van der Waals surface area (Å²) in [4.78, 5) is 11.8. The van der Waals surface area contributed by atoms with E-state index in [1.54, 1.807) is 30.3 Å². The molecule has 2 N–H and O–H groups in total. The summed E-state index contributed by atoms with van der Waals surface area (Å²) in [6.07, 6.45) is 3.12. The van der Waals surface area contributed by atoms with E-state index >= 15 is 0 Å². The number of carbonyl (C=O) groups is 1. The second kappa shape index (κ2) is 5.85. The highest BCUT2D eigenvalue weighted by Gasteiger charge is 2.06. The van der Waals surface area contributed by atoms with Crippen LogP contribution in [0, 0.1) is 25.2 Å². The maximum atomic E-state index is 11.8. The van der Waals surface area contributed by atoms with Crippen LogP contribution in [0.25, 0.3) is 6.08 Å². The molecule has 1 heterocycles. The Bertz CT molecular complexity index is 690. The first kappa shape index (κ1) is 13.6. The third-order valence-corrected chi connectivity index (χ3v) is 2.96. The summed E-state index contributed by atoms with van der Waals surface area (Å²) >= 11 is 0. The number of hydrogen-bond acceptors (Lipinski definition) is 3. The fourth-order valence-electron chi connectivity index (χ4n) is 1.61. The van der Waals surface area contributed by atoms with Crippen molar-refractivity contribution in [2.75, 3.05) is 5.32 Å². The molecular formula is C15H14N4O. The summed E-state index contributed by atoms with van der Waals surface area (Å²) in [5.41, 5.74) is 3.30. The number of anilines is 1. The lowest BCUT2D eigenvalue weighted by molar-refractivity contribution is -0.111. The number of aromatic nitrogens is 2. The first-order chi connectivity index (χ1) is 9.60. The van der Waals surface area contributed by atoms with Crippen LogP contribution in [0.15, 0.2) is 30.3 Å². The molecule has 0 aliphatic heterocycles. The second-order valence-corrected chi connectivity index (χ2v) is 4.38. The van der Waals surface area contributed by atoms with Gasteiger partial charge >= 0.3 is 0 Å². The molecule has 2 rings (SSSR count). The predicted molar refractivity (Wildman–Crippen MR) is 76.9 cm³/mol. The first-order valence-corrected chi connectivity index (χ1v) is 6.11. The average Bonchev–Trinajstić information content (AvgIpc) is 2.78. The van der Waals surface area contributed by atoms with Crippen LogP contribution in [0.2, 0.25) is 0 Å². The molecule has 5 heteroatoms. The summed E-state index contributed by atoms with van der Waals surface area (Å²) in [6, 6.07) is 9.03. The topological polar surface area (TPSA) is 81.6 Å². The zero-order chi connectivity index (χ0) is 14.5. The minimum Gasteiger partial charge on any atom is -0.305 e. The van der Waals surface area contributed by atoms with E-state index in [4.69, 9.17) is 5.26 Å². The number of aromatic amines is 1. The Labute approximate surface area is 116 Å². The van der Waals surface area contributed by atoms with Gasteiger partial charge in [0.25, 0.3) is 0 Å². The maximum absolute atomic E-state index is 11.8. The van der Waals surface area contributed by atoms with Crippen LogP contribution in [-0.2, 0) is 4.79 Å². The van der Waals surface area contributed by atoms with Crippen molar-refractivity contribution in [3.8, 4) is 6.07 Å². The Morgan fingerprint density at radius 1 is 1.35 bits per heavy atom. The van der Waals surface area contributed by atoms with Crippen molar-refractivity contribution in [1.29, 1.82) is 5.26 Å². The van der Waals surface area contributed by atoms with Crippen LogP contribution in [0.1, 0.15) is 22.4 Å². The van der Waals surface area contributed by atoms with Gasteiger partial charge < -0.3 is 5.32 Å². The fraction of sp³-hybridized carbons (Fsp3) is 0.133. The van der Waals surface area contributed by atoms with Crippen LogP contribution in [0.4, 0.5) is 5.82 Å². The van der Waals surface area contributed by atoms with Crippen LogP contribution >= 0.6 is 0 Å². The summed E-state index contributed by atoms with van der Waals surface area (Å²) in [5.74, 6) is 0.293. The third kappa shape index (κ3) is 3.12. The van der Waals surface area contributed by atoms with E-state index in [2.05, 4.69) is 15.5 Å². The number of benzene rings is 1. The molecule has 0 bridgehead atoms. The van der Waals surface area contributed by atoms with Gasteiger partial charge in [-0.2, -0.15) is 10.4 Å². The van der Waals surface area contributed by atoms with Gasteiger partial charge in [-0.3, -0.25) is 9.89 Å². The Hall–Kier alpha value is -2.87. The summed E-state index contributed by atoms with van der Waals surface area (Å²) in [5, 5.41) is 18.2. The van der Waals surface area contributed by atoms with Crippen molar-refractivity contribution in [3.63, 3.8) is 0 Å². The summed E-state index contributed by atoms with van der Waals surface area (Å²) in [6.45, 7) is 3.78. The van der Waals surface area contributed by atoms with E-state index in [1.165, 1.54) is 6.08 Å². The van der Waals surface area contributed by atoms with Gasteiger partial charge in [0.1, 0.15) is 0 Å². The van der Waals surface area contributed by atoms with Crippen molar-refractivity contribution in [2.24, 2.45) is 0 Å². The molecule has 0 spiro atoms. The highest BCUT2D eigenvalue weighted by molar-refractivity contribution is 6.01. The van der Waals surface area contributed by atoms with E-state index < -0.39 is 0 Å². The van der Waals surface area contributed by atoms with Crippen molar-refractivity contribution >= 4 is 17.8 Å². The molecule has 0 aliphatic rings. The van der Waals surface area contributed by atoms with E-state index in [0.29, 0.717) is 11.4 Å². The SMILES string of the molecule is Cc1[nH]nc(NC(=O)/C=C/c2ccc(C#N)cc2)c1C. The molecule has 0 atom stereocenters. The van der Waals surface area contributed by atoms with Gasteiger partial charge in [0.05, 0.1) is 11.6 Å². The molecule has 0 aliphatic carbocycles. The highest BCUT2D eigenvalue weighted by atomic mass is 16.1. The summed E-state index contributed by atoms with van der Waals surface area (Å²) < 4.78 is 0. The standard InChI is InChI=1S/C15H14N4O/c1-10-11(2)18-19-15(10)17-14(20)8-7-12-3-5-13(9-16)6-4-12/h3-8H,1-2H3,(H2,17,18,19,20)/b8-7+. The highest BCUT2D eigenvalue weighted by Crippen LogP contribution is 2.13. The van der Waals surface area contributed by atoms with E-state index in [-0.39, 0.29) is 5.91 Å². The number of H-pyrrole nitrogens is 1. The lowest BCUT2D eigenvalue weighted by Gasteiger charge is -1.99. The van der Waals surface area contributed by atoms with Crippen LogP contribution in [-0.4, -0.2) is 16.1 Å². The molecule has 1 aromatic heterocycles.